The first kappa shape index (κ1) is 10.7. The first-order chi connectivity index (χ1) is 7.83. The summed E-state index contributed by atoms with van der Waals surface area (Å²) in [5.74, 6) is 0. The molecule has 84 valence electrons. The van der Waals surface area contributed by atoms with Gasteiger partial charge in [-0.2, -0.15) is 5.10 Å². The predicted molar refractivity (Wildman–Crippen MR) is 65.3 cm³/mol. The second kappa shape index (κ2) is 4.79. The number of nitrogens with one attached hydrogen (secondary N) is 1. The van der Waals surface area contributed by atoms with Gasteiger partial charge >= 0.3 is 0 Å². The minimum Gasteiger partial charge on any atom is -0.385 e. The Morgan fingerprint density at radius 1 is 1.38 bits per heavy atom. The van der Waals surface area contributed by atoms with Gasteiger partial charge in [-0.1, -0.05) is 0 Å². The SMILES string of the molecule is CCNc1ccnc(-c2cnn(CC)c2)c1. The van der Waals surface area contributed by atoms with Crippen LogP contribution < -0.4 is 5.32 Å². The van der Waals surface area contributed by atoms with Gasteiger partial charge in [0.15, 0.2) is 0 Å². The number of rotatable bonds is 4. The molecule has 4 nitrogen and oxygen atoms in total. The van der Waals surface area contributed by atoms with E-state index in [1.165, 1.54) is 0 Å². The molecule has 0 unspecified atom stereocenters. The van der Waals surface area contributed by atoms with Gasteiger partial charge in [-0.15, -0.1) is 0 Å². The first-order valence-corrected chi connectivity index (χ1v) is 5.56. The van der Waals surface area contributed by atoms with E-state index in [1.807, 2.05) is 35.4 Å². The van der Waals surface area contributed by atoms with Crippen molar-refractivity contribution in [3.63, 3.8) is 0 Å². The van der Waals surface area contributed by atoms with Crippen LogP contribution in [-0.4, -0.2) is 21.3 Å². The highest BCUT2D eigenvalue weighted by Gasteiger charge is 2.03. The largest absolute Gasteiger partial charge is 0.385 e. The minimum absolute atomic E-state index is 0.882. The maximum Gasteiger partial charge on any atom is 0.0754 e. The molecule has 0 amide bonds. The number of nitrogens with zero attached hydrogens (tertiary/aromatic N) is 3. The molecule has 0 aromatic carbocycles. The number of aryl methyl sites for hydroxylation is 1. The fourth-order valence-corrected chi connectivity index (χ4v) is 1.57. The summed E-state index contributed by atoms with van der Waals surface area (Å²) in [5.41, 5.74) is 3.11. The van der Waals surface area contributed by atoms with Crippen molar-refractivity contribution in [2.75, 3.05) is 11.9 Å². The van der Waals surface area contributed by atoms with Gasteiger partial charge in [0.2, 0.25) is 0 Å². The lowest BCUT2D eigenvalue weighted by Crippen LogP contribution is -1.96. The lowest BCUT2D eigenvalue weighted by Gasteiger charge is -2.03. The second-order valence-electron chi connectivity index (χ2n) is 3.54. The zero-order chi connectivity index (χ0) is 11.4. The van der Waals surface area contributed by atoms with Crippen LogP contribution in [0, 0.1) is 0 Å². The molecule has 0 aliphatic rings. The van der Waals surface area contributed by atoms with Crippen LogP contribution in [0.15, 0.2) is 30.7 Å². The van der Waals surface area contributed by atoms with Crippen molar-refractivity contribution in [1.29, 1.82) is 0 Å². The zero-order valence-electron chi connectivity index (χ0n) is 9.64. The van der Waals surface area contributed by atoms with E-state index < -0.39 is 0 Å². The second-order valence-corrected chi connectivity index (χ2v) is 3.54. The third-order valence-corrected chi connectivity index (χ3v) is 2.39. The number of pyridine rings is 1. The van der Waals surface area contributed by atoms with Crippen molar-refractivity contribution in [2.45, 2.75) is 20.4 Å². The van der Waals surface area contributed by atoms with E-state index in [1.54, 1.807) is 0 Å². The van der Waals surface area contributed by atoms with E-state index in [2.05, 4.69) is 29.2 Å². The fraction of sp³-hybridized carbons (Fsp3) is 0.333. The van der Waals surface area contributed by atoms with Crippen LogP contribution in [0.1, 0.15) is 13.8 Å². The summed E-state index contributed by atoms with van der Waals surface area (Å²) in [4.78, 5) is 4.35. The number of hydrogen-bond donors (Lipinski definition) is 1. The van der Waals surface area contributed by atoms with Crippen molar-refractivity contribution in [3.05, 3.63) is 30.7 Å². The highest BCUT2D eigenvalue weighted by Crippen LogP contribution is 2.19. The van der Waals surface area contributed by atoms with Crippen LogP contribution in [0.4, 0.5) is 5.69 Å². The Morgan fingerprint density at radius 3 is 2.94 bits per heavy atom. The molecule has 0 atom stereocenters. The van der Waals surface area contributed by atoms with E-state index in [4.69, 9.17) is 0 Å². The number of hydrogen-bond acceptors (Lipinski definition) is 3. The molecule has 4 heteroatoms. The lowest BCUT2D eigenvalue weighted by molar-refractivity contribution is 0.660. The maximum atomic E-state index is 4.35. The van der Waals surface area contributed by atoms with Crippen molar-refractivity contribution in [1.82, 2.24) is 14.8 Å². The molecule has 0 spiro atoms. The molecular weight excluding hydrogens is 200 g/mol. The van der Waals surface area contributed by atoms with Crippen LogP contribution in [0.3, 0.4) is 0 Å². The van der Waals surface area contributed by atoms with Crippen LogP contribution in [0.2, 0.25) is 0 Å². The summed E-state index contributed by atoms with van der Waals surface area (Å²) >= 11 is 0. The van der Waals surface area contributed by atoms with E-state index in [-0.39, 0.29) is 0 Å². The normalized spacial score (nSPS) is 10.4. The van der Waals surface area contributed by atoms with Crippen LogP contribution in [0.25, 0.3) is 11.3 Å². The fourth-order valence-electron chi connectivity index (χ4n) is 1.57. The Morgan fingerprint density at radius 2 is 2.25 bits per heavy atom. The molecule has 0 saturated heterocycles. The maximum absolute atomic E-state index is 4.35. The molecule has 2 rings (SSSR count). The lowest BCUT2D eigenvalue weighted by atomic mass is 10.2. The van der Waals surface area contributed by atoms with Gasteiger partial charge in [0.1, 0.15) is 0 Å². The average molecular weight is 216 g/mol. The van der Waals surface area contributed by atoms with E-state index in [0.29, 0.717) is 0 Å². The molecule has 1 N–H and O–H groups in total. The number of aromatic nitrogens is 3. The van der Waals surface area contributed by atoms with E-state index in [0.717, 1.165) is 30.0 Å². The zero-order valence-corrected chi connectivity index (χ0v) is 9.64. The van der Waals surface area contributed by atoms with Crippen molar-refractivity contribution in [3.8, 4) is 11.3 Å². The summed E-state index contributed by atoms with van der Waals surface area (Å²) in [6, 6.07) is 4.01. The molecule has 16 heavy (non-hydrogen) atoms. The standard InChI is InChI=1S/C12H16N4/c1-3-13-11-5-6-14-12(7-11)10-8-15-16(4-2)9-10/h5-9H,3-4H2,1-2H3,(H,13,14). The van der Waals surface area contributed by atoms with Gasteiger partial charge in [0.05, 0.1) is 11.9 Å². The Hall–Kier alpha value is -1.84. The Kier molecular flexibility index (Phi) is 3.19. The topological polar surface area (TPSA) is 42.7 Å². The molecule has 0 bridgehead atoms. The Bertz CT molecular complexity index is 462. The van der Waals surface area contributed by atoms with Gasteiger partial charge < -0.3 is 5.32 Å². The Balaban J connectivity index is 2.28. The van der Waals surface area contributed by atoms with Gasteiger partial charge in [-0.25, -0.2) is 0 Å². The molecule has 2 heterocycles. The van der Waals surface area contributed by atoms with Crippen molar-refractivity contribution < 1.29 is 0 Å². The summed E-state index contributed by atoms with van der Waals surface area (Å²) in [6.07, 6.45) is 5.68. The molecule has 2 aromatic rings. The highest BCUT2D eigenvalue weighted by atomic mass is 15.3. The van der Waals surface area contributed by atoms with E-state index >= 15 is 0 Å². The minimum atomic E-state index is 0.882. The predicted octanol–water partition coefficient (Wildman–Crippen LogP) is 2.40. The molecule has 0 aliphatic carbocycles. The summed E-state index contributed by atoms with van der Waals surface area (Å²) in [5, 5.41) is 7.51. The van der Waals surface area contributed by atoms with Crippen LogP contribution in [0.5, 0.6) is 0 Å². The summed E-state index contributed by atoms with van der Waals surface area (Å²) in [6.45, 7) is 5.94. The van der Waals surface area contributed by atoms with Gasteiger partial charge in [-0.05, 0) is 26.0 Å². The molecule has 0 radical (unpaired) electrons. The number of anilines is 1. The van der Waals surface area contributed by atoms with Crippen LogP contribution >= 0.6 is 0 Å². The molecule has 0 saturated carbocycles. The quantitative estimate of drug-likeness (QED) is 0.853. The first-order valence-electron chi connectivity index (χ1n) is 5.56. The summed E-state index contributed by atoms with van der Waals surface area (Å²) < 4.78 is 1.90. The van der Waals surface area contributed by atoms with Crippen LogP contribution in [-0.2, 0) is 6.54 Å². The molecule has 0 aliphatic heterocycles. The van der Waals surface area contributed by atoms with Gasteiger partial charge in [0, 0.05) is 36.7 Å². The summed E-state index contributed by atoms with van der Waals surface area (Å²) in [7, 11) is 0. The highest BCUT2D eigenvalue weighted by molar-refractivity contribution is 5.62. The van der Waals surface area contributed by atoms with Crippen molar-refractivity contribution in [2.24, 2.45) is 0 Å². The molecule has 0 fully saturated rings. The van der Waals surface area contributed by atoms with Gasteiger partial charge in [0.25, 0.3) is 0 Å². The monoisotopic (exact) mass is 216 g/mol. The third kappa shape index (κ3) is 2.21. The average Bonchev–Trinajstić information content (AvgIpc) is 2.78. The van der Waals surface area contributed by atoms with E-state index in [9.17, 15) is 0 Å². The smallest absolute Gasteiger partial charge is 0.0754 e. The third-order valence-electron chi connectivity index (χ3n) is 2.39. The van der Waals surface area contributed by atoms with Gasteiger partial charge in [-0.3, -0.25) is 9.67 Å². The molecule has 2 aromatic heterocycles. The molecular formula is C12H16N4. The Labute approximate surface area is 95.3 Å². The van der Waals surface area contributed by atoms with Crippen molar-refractivity contribution >= 4 is 5.69 Å².